The summed E-state index contributed by atoms with van der Waals surface area (Å²) in [6, 6.07) is 12.6. The number of carbonyl (C=O) groups is 1. The number of nitrogens with zero attached hydrogens (tertiary/aromatic N) is 2. The smallest absolute Gasteiger partial charge is 0.254 e. The monoisotopic (exact) mass is 362 g/mol. The molecule has 0 spiro atoms. The van der Waals surface area contributed by atoms with Crippen molar-refractivity contribution in [2.24, 2.45) is 0 Å². The Balaban J connectivity index is 1.71. The van der Waals surface area contributed by atoms with E-state index >= 15 is 0 Å². The number of rotatable bonds is 3. The van der Waals surface area contributed by atoms with Gasteiger partial charge in [0, 0.05) is 38.0 Å². The van der Waals surface area contributed by atoms with Gasteiger partial charge >= 0.3 is 0 Å². The van der Waals surface area contributed by atoms with Crippen molar-refractivity contribution in [2.75, 3.05) is 37.3 Å². The average molecular weight is 362 g/mol. The zero-order chi connectivity index (χ0) is 18.0. The summed E-state index contributed by atoms with van der Waals surface area (Å²) in [5.41, 5.74) is 0.885. The lowest BCUT2D eigenvalue weighted by Crippen LogP contribution is -2.49. The molecule has 1 heterocycles. The summed E-state index contributed by atoms with van der Waals surface area (Å²) < 4.78 is 37.2. The molecule has 1 amide bonds. The van der Waals surface area contributed by atoms with E-state index in [0.717, 1.165) is 6.26 Å². The highest BCUT2D eigenvalue weighted by molar-refractivity contribution is 7.90. The lowest BCUT2D eigenvalue weighted by Gasteiger charge is -2.36. The van der Waals surface area contributed by atoms with Crippen molar-refractivity contribution >= 4 is 21.4 Å². The molecule has 0 bridgehead atoms. The Morgan fingerprint density at radius 1 is 1.00 bits per heavy atom. The van der Waals surface area contributed by atoms with Crippen molar-refractivity contribution in [1.29, 1.82) is 0 Å². The number of carbonyl (C=O) groups excluding carboxylic acids is 1. The Bertz CT molecular complexity index is 891. The van der Waals surface area contributed by atoms with Crippen LogP contribution in [0.3, 0.4) is 0 Å². The van der Waals surface area contributed by atoms with E-state index in [1.54, 1.807) is 35.2 Å². The van der Waals surface area contributed by atoms with Crippen LogP contribution in [0.1, 0.15) is 10.4 Å². The molecular weight excluding hydrogens is 343 g/mol. The van der Waals surface area contributed by atoms with Crippen LogP contribution in [-0.2, 0) is 9.84 Å². The van der Waals surface area contributed by atoms with E-state index in [0.29, 0.717) is 37.4 Å². The number of piperazine rings is 1. The fourth-order valence-electron chi connectivity index (χ4n) is 2.90. The molecule has 0 N–H and O–H groups in total. The fraction of sp³-hybridized carbons (Fsp3) is 0.278. The van der Waals surface area contributed by atoms with Crippen molar-refractivity contribution in [3.05, 3.63) is 59.9 Å². The van der Waals surface area contributed by atoms with E-state index < -0.39 is 9.84 Å². The third-order valence-corrected chi connectivity index (χ3v) is 5.38. The van der Waals surface area contributed by atoms with Gasteiger partial charge in [0.15, 0.2) is 9.84 Å². The lowest BCUT2D eigenvalue weighted by atomic mass is 10.1. The largest absolute Gasteiger partial charge is 0.366 e. The molecule has 1 fully saturated rings. The highest BCUT2D eigenvalue weighted by Crippen LogP contribution is 2.21. The third-order valence-electron chi connectivity index (χ3n) is 4.27. The summed E-state index contributed by atoms with van der Waals surface area (Å²) >= 11 is 0. The van der Waals surface area contributed by atoms with Gasteiger partial charge in [0.2, 0.25) is 0 Å². The number of hydrogen-bond acceptors (Lipinski definition) is 4. The van der Waals surface area contributed by atoms with Crippen molar-refractivity contribution in [2.45, 2.75) is 4.90 Å². The Labute approximate surface area is 146 Å². The molecule has 0 unspecified atom stereocenters. The third kappa shape index (κ3) is 3.82. The van der Waals surface area contributed by atoms with Gasteiger partial charge in [-0.25, -0.2) is 12.8 Å². The number of benzene rings is 2. The minimum atomic E-state index is -3.36. The second-order valence-electron chi connectivity index (χ2n) is 6.03. The minimum absolute atomic E-state index is 0.128. The van der Waals surface area contributed by atoms with Crippen LogP contribution in [0.5, 0.6) is 0 Å². The summed E-state index contributed by atoms with van der Waals surface area (Å²) in [6.45, 7) is 1.96. The second kappa shape index (κ2) is 6.84. The Kier molecular flexibility index (Phi) is 4.76. The fourth-order valence-corrected chi connectivity index (χ4v) is 3.57. The maximum atomic E-state index is 13.9. The van der Waals surface area contributed by atoms with Crippen LogP contribution in [0, 0.1) is 5.82 Å². The molecule has 1 aliphatic heterocycles. The van der Waals surface area contributed by atoms with Gasteiger partial charge in [0.25, 0.3) is 5.91 Å². The molecule has 0 saturated carbocycles. The van der Waals surface area contributed by atoms with E-state index in [1.165, 1.54) is 18.2 Å². The average Bonchev–Trinajstić information content (AvgIpc) is 2.61. The van der Waals surface area contributed by atoms with Crippen molar-refractivity contribution in [1.82, 2.24) is 4.90 Å². The first-order valence-corrected chi connectivity index (χ1v) is 9.84. The number of anilines is 1. The molecule has 7 heteroatoms. The molecule has 25 heavy (non-hydrogen) atoms. The number of hydrogen-bond donors (Lipinski definition) is 0. The van der Waals surface area contributed by atoms with Gasteiger partial charge in [-0.2, -0.15) is 0 Å². The second-order valence-corrected chi connectivity index (χ2v) is 8.05. The van der Waals surface area contributed by atoms with E-state index in [2.05, 4.69) is 0 Å². The Morgan fingerprint density at radius 3 is 2.32 bits per heavy atom. The van der Waals surface area contributed by atoms with Crippen molar-refractivity contribution in [3.8, 4) is 0 Å². The van der Waals surface area contributed by atoms with E-state index in [4.69, 9.17) is 0 Å². The molecule has 3 rings (SSSR count). The van der Waals surface area contributed by atoms with Crippen LogP contribution in [0.25, 0.3) is 0 Å². The van der Waals surface area contributed by atoms with Crippen molar-refractivity contribution in [3.63, 3.8) is 0 Å². The first-order valence-electron chi connectivity index (χ1n) is 7.95. The molecule has 5 nitrogen and oxygen atoms in total. The number of sulfone groups is 1. The van der Waals surface area contributed by atoms with E-state index in [1.807, 2.05) is 4.90 Å². The molecule has 132 valence electrons. The first-order chi connectivity index (χ1) is 11.9. The zero-order valence-corrected chi connectivity index (χ0v) is 14.7. The summed E-state index contributed by atoms with van der Waals surface area (Å²) in [7, 11) is -3.36. The topological polar surface area (TPSA) is 57.7 Å². The molecular formula is C18H19FN2O3S. The first kappa shape index (κ1) is 17.4. The maximum absolute atomic E-state index is 13.9. The Hall–Kier alpha value is -2.41. The van der Waals surface area contributed by atoms with Gasteiger partial charge in [-0.05, 0) is 30.3 Å². The van der Waals surface area contributed by atoms with Crippen LogP contribution in [-0.4, -0.2) is 51.7 Å². The van der Waals surface area contributed by atoms with E-state index in [-0.39, 0.29) is 16.6 Å². The van der Waals surface area contributed by atoms with E-state index in [9.17, 15) is 17.6 Å². The van der Waals surface area contributed by atoms with Gasteiger partial charge in [0.05, 0.1) is 10.6 Å². The van der Waals surface area contributed by atoms with Crippen LogP contribution in [0.15, 0.2) is 53.4 Å². The maximum Gasteiger partial charge on any atom is 0.254 e. The molecule has 0 aromatic heterocycles. The van der Waals surface area contributed by atoms with Crippen molar-refractivity contribution < 1.29 is 17.6 Å². The van der Waals surface area contributed by atoms with Gasteiger partial charge in [-0.15, -0.1) is 0 Å². The minimum Gasteiger partial charge on any atom is -0.366 e. The van der Waals surface area contributed by atoms with Crippen LogP contribution < -0.4 is 4.90 Å². The molecule has 2 aromatic carbocycles. The summed E-state index contributed by atoms with van der Waals surface area (Å²) in [6.07, 6.45) is 1.11. The summed E-state index contributed by atoms with van der Waals surface area (Å²) in [4.78, 5) is 16.3. The molecule has 0 atom stereocenters. The molecule has 0 radical (unpaired) electrons. The molecule has 0 aliphatic carbocycles. The highest BCUT2D eigenvalue weighted by atomic mass is 32.2. The van der Waals surface area contributed by atoms with Crippen LogP contribution in [0.2, 0.25) is 0 Å². The van der Waals surface area contributed by atoms with Gasteiger partial charge in [-0.3, -0.25) is 4.79 Å². The predicted molar refractivity (Wildman–Crippen MR) is 94.1 cm³/mol. The highest BCUT2D eigenvalue weighted by Gasteiger charge is 2.24. The molecule has 1 saturated heterocycles. The van der Waals surface area contributed by atoms with Crippen LogP contribution >= 0.6 is 0 Å². The SMILES string of the molecule is CS(=O)(=O)c1cccc(C(=O)N2CCN(c3ccccc3F)CC2)c1. The molecule has 2 aromatic rings. The van der Waals surface area contributed by atoms with Gasteiger partial charge in [0.1, 0.15) is 5.82 Å². The summed E-state index contributed by atoms with van der Waals surface area (Å²) in [5.74, 6) is -0.484. The quantitative estimate of drug-likeness (QED) is 0.840. The lowest BCUT2D eigenvalue weighted by molar-refractivity contribution is 0.0746. The number of para-hydroxylation sites is 1. The van der Waals surface area contributed by atoms with Crippen LogP contribution in [0.4, 0.5) is 10.1 Å². The van der Waals surface area contributed by atoms with Gasteiger partial charge in [-0.1, -0.05) is 18.2 Å². The molecule has 1 aliphatic rings. The zero-order valence-electron chi connectivity index (χ0n) is 13.9. The summed E-state index contributed by atoms with van der Waals surface area (Å²) in [5, 5.41) is 0. The number of amides is 1. The predicted octanol–water partition coefficient (Wildman–Crippen LogP) is 2.19. The normalized spacial score (nSPS) is 15.3. The Morgan fingerprint density at radius 2 is 1.68 bits per heavy atom. The standard InChI is InChI=1S/C18H19FN2O3S/c1-25(23,24)15-6-4-5-14(13-15)18(22)21-11-9-20(10-12-21)17-8-3-2-7-16(17)19/h2-8,13H,9-12H2,1H3. The number of halogens is 1. The van der Waals surface area contributed by atoms with Gasteiger partial charge < -0.3 is 9.80 Å².